The van der Waals surface area contributed by atoms with E-state index in [0.29, 0.717) is 7.47 Å². The first kappa shape index (κ1) is 15.2. The smallest absolute Gasteiger partial charge is 0.0701 e. The third-order valence-electron chi connectivity index (χ3n) is 2.38. The molecule has 1 aromatic rings. The number of halogens is 4. The van der Waals surface area contributed by atoms with Crippen LogP contribution in [0.1, 0.15) is 24.0 Å². The number of hydrogen-bond acceptors (Lipinski definition) is 0. The van der Waals surface area contributed by atoms with E-state index < -0.39 is 0 Å². The zero-order valence-corrected chi connectivity index (χ0v) is 15.1. The Hall–Kier alpha value is 1.14. The average molecular weight is 478 g/mol. The van der Waals surface area contributed by atoms with Gasteiger partial charge in [0.25, 0.3) is 0 Å². The van der Waals surface area contributed by atoms with Crippen LogP contribution in [0.3, 0.4) is 0 Å². The van der Waals surface area contributed by atoms with Gasteiger partial charge >= 0.3 is 0 Å². The van der Waals surface area contributed by atoms with E-state index in [9.17, 15) is 0 Å². The molecule has 0 nitrogen and oxygen atoms in total. The van der Waals surface area contributed by atoms with Gasteiger partial charge in [0, 0.05) is 0 Å². The lowest BCUT2D eigenvalue weighted by atomic mass is 10.00. The lowest BCUT2D eigenvalue weighted by molar-refractivity contribution is 0.859. The van der Waals surface area contributed by atoms with Gasteiger partial charge < -0.3 is 0 Å². The predicted octanol–water partition coefficient (Wildman–Crippen LogP) is 5.78. The van der Waals surface area contributed by atoms with Crippen LogP contribution in [-0.4, -0.2) is 7.47 Å². The molecule has 0 aliphatic rings. The number of aryl methyl sites for hydroxylation is 2. The van der Waals surface area contributed by atoms with Gasteiger partial charge in [-0.25, -0.2) is 0 Å². The van der Waals surface area contributed by atoms with Gasteiger partial charge in [-0.3, -0.25) is 0 Å². The predicted molar refractivity (Wildman–Crippen MR) is 86.4 cm³/mol. The second kappa shape index (κ2) is 8.28. The van der Waals surface area contributed by atoms with Crippen LogP contribution in [0.25, 0.3) is 0 Å². The number of hydrogen-bond donors (Lipinski definition) is 0. The molecule has 0 saturated heterocycles. The highest BCUT2D eigenvalue weighted by molar-refractivity contribution is 9.25. The Labute approximate surface area is 131 Å². The van der Waals surface area contributed by atoms with Crippen LogP contribution in [0.15, 0.2) is 24.3 Å². The molecule has 4 heteroatoms. The van der Waals surface area contributed by atoms with Crippen LogP contribution in [-0.2, 0) is 12.8 Å². The highest BCUT2D eigenvalue weighted by atomic mass is 79.9. The van der Waals surface area contributed by atoms with Crippen LogP contribution < -0.4 is 0 Å². The molecule has 0 amide bonds. The summed E-state index contributed by atoms with van der Waals surface area (Å²) < 4.78 is 0.821. The van der Waals surface area contributed by atoms with Gasteiger partial charge in [-0.2, -0.15) is 0 Å². The Morgan fingerprint density at radius 3 is 1.44 bits per heavy atom. The Kier molecular flexibility index (Phi) is 7.86. The van der Waals surface area contributed by atoms with Gasteiger partial charge in [-0.05, 0) is 36.8 Å². The van der Waals surface area contributed by atoms with Gasteiger partial charge in [0.05, 0.1) is 7.47 Å². The molecule has 0 heterocycles. The zero-order chi connectivity index (χ0) is 12.0. The second-order valence-corrected chi connectivity index (χ2v) is 10.5. The van der Waals surface area contributed by atoms with E-state index in [1.165, 1.54) is 11.1 Å². The topological polar surface area (TPSA) is 0 Å². The average Bonchev–Trinajstić information content (AvgIpc) is 2.24. The molecule has 0 radical (unpaired) electrons. The fraction of sp³-hybridized carbons (Fsp3) is 0.500. The summed E-state index contributed by atoms with van der Waals surface area (Å²) >= 11 is 14.1. The van der Waals surface area contributed by atoms with Crippen LogP contribution in [0.2, 0.25) is 0 Å². The molecular formula is C12H14Br4. The summed E-state index contributed by atoms with van der Waals surface area (Å²) in [6, 6.07) is 8.70. The Morgan fingerprint density at radius 1 is 0.750 bits per heavy atom. The molecule has 0 unspecified atom stereocenters. The van der Waals surface area contributed by atoms with Crippen molar-refractivity contribution in [3.8, 4) is 0 Å². The van der Waals surface area contributed by atoms with E-state index in [0.717, 1.165) is 25.7 Å². The Bertz CT molecular complexity index is 279. The first-order chi connectivity index (χ1) is 7.59. The number of benzene rings is 1. The molecule has 0 fully saturated rings. The molecule has 0 saturated carbocycles. The van der Waals surface area contributed by atoms with Gasteiger partial charge in [0.15, 0.2) is 0 Å². The molecule has 0 aromatic heterocycles. The van der Waals surface area contributed by atoms with Crippen molar-refractivity contribution in [1.29, 1.82) is 0 Å². The first-order valence-corrected chi connectivity index (χ1v) is 8.89. The van der Waals surface area contributed by atoms with Gasteiger partial charge in [0.1, 0.15) is 0 Å². The molecule has 1 aromatic carbocycles. The normalized spacial score (nSPS) is 11.4. The summed E-state index contributed by atoms with van der Waals surface area (Å²) in [6.45, 7) is 0. The van der Waals surface area contributed by atoms with E-state index in [2.05, 4.69) is 88.0 Å². The summed E-state index contributed by atoms with van der Waals surface area (Å²) in [5, 5.41) is 0. The van der Waals surface area contributed by atoms with E-state index in [-0.39, 0.29) is 0 Å². The molecule has 1 rings (SSSR count). The van der Waals surface area contributed by atoms with Gasteiger partial charge in [0.2, 0.25) is 0 Å². The fourth-order valence-corrected chi connectivity index (χ4v) is 2.49. The minimum Gasteiger partial charge on any atom is -0.0765 e. The first-order valence-electron chi connectivity index (χ1n) is 5.22. The molecular weight excluding hydrogens is 464 g/mol. The largest absolute Gasteiger partial charge is 0.0765 e. The quantitative estimate of drug-likeness (QED) is 0.455. The third kappa shape index (κ3) is 6.18. The number of alkyl halides is 4. The molecule has 0 aliphatic carbocycles. The monoisotopic (exact) mass is 474 g/mol. The fourth-order valence-electron chi connectivity index (χ4n) is 1.57. The highest BCUT2D eigenvalue weighted by Gasteiger charge is 2.06. The van der Waals surface area contributed by atoms with E-state index in [1.54, 1.807) is 0 Å². The molecule has 0 aliphatic heterocycles. The van der Waals surface area contributed by atoms with Gasteiger partial charge in [-0.15, -0.1) is 0 Å². The van der Waals surface area contributed by atoms with Crippen molar-refractivity contribution in [3.05, 3.63) is 35.4 Å². The summed E-state index contributed by atoms with van der Waals surface area (Å²) in [6.07, 6.45) is 4.46. The molecule has 0 bridgehead atoms. The van der Waals surface area contributed by atoms with E-state index in [1.807, 2.05) is 0 Å². The highest BCUT2D eigenvalue weighted by Crippen LogP contribution is 2.21. The van der Waals surface area contributed by atoms with Crippen molar-refractivity contribution in [1.82, 2.24) is 0 Å². The van der Waals surface area contributed by atoms with Crippen molar-refractivity contribution in [2.24, 2.45) is 0 Å². The standard InChI is InChI=1S/C12H14Br4/c13-11(14)7-5-9-3-1-2-4-10(9)6-8-12(15)16/h1-4,11-12H,5-8H2. The minimum absolute atomic E-state index is 0.410. The molecule has 0 spiro atoms. The van der Waals surface area contributed by atoms with Crippen molar-refractivity contribution in [3.63, 3.8) is 0 Å². The van der Waals surface area contributed by atoms with Crippen molar-refractivity contribution < 1.29 is 0 Å². The van der Waals surface area contributed by atoms with Crippen molar-refractivity contribution in [2.75, 3.05) is 0 Å². The number of rotatable bonds is 6. The van der Waals surface area contributed by atoms with Crippen molar-refractivity contribution in [2.45, 2.75) is 33.2 Å². The van der Waals surface area contributed by atoms with Crippen LogP contribution in [0, 0.1) is 0 Å². The van der Waals surface area contributed by atoms with Crippen molar-refractivity contribution >= 4 is 63.7 Å². The maximum absolute atomic E-state index is 3.52. The summed E-state index contributed by atoms with van der Waals surface area (Å²) in [5.74, 6) is 0. The Balaban J connectivity index is 2.60. The van der Waals surface area contributed by atoms with Crippen LogP contribution >= 0.6 is 63.7 Å². The second-order valence-electron chi connectivity index (χ2n) is 3.63. The SMILES string of the molecule is BrC(Br)CCc1ccccc1CCC(Br)Br. The minimum atomic E-state index is 0.410. The van der Waals surface area contributed by atoms with Gasteiger partial charge in [-0.1, -0.05) is 88.0 Å². The molecule has 16 heavy (non-hydrogen) atoms. The maximum Gasteiger partial charge on any atom is 0.0701 e. The molecule has 90 valence electrons. The lowest BCUT2D eigenvalue weighted by Gasteiger charge is -2.10. The van der Waals surface area contributed by atoms with Crippen LogP contribution in [0.4, 0.5) is 0 Å². The lowest BCUT2D eigenvalue weighted by Crippen LogP contribution is -1.99. The van der Waals surface area contributed by atoms with E-state index >= 15 is 0 Å². The molecule has 0 atom stereocenters. The van der Waals surface area contributed by atoms with E-state index in [4.69, 9.17) is 0 Å². The maximum atomic E-state index is 3.52. The summed E-state index contributed by atoms with van der Waals surface area (Å²) in [4.78, 5) is 0. The zero-order valence-electron chi connectivity index (χ0n) is 8.80. The Morgan fingerprint density at radius 2 is 1.12 bits per heavy atom. The summed E-state index contributed by atoms with van der Waals surface area (Å²) in [5.41, 5.74) is 2.93. The molecule has 0 N–H and O–H groups in total. The summed E-state index contributed by atoms with van der Waals surface area (Å²) in [7, 11) is 0. The van der Waals surface area contributed by atoms with Crippen LogP contribution in [0.5, 0.6) is 0 Å². The third-order valence-corrected chi connectivity index (χ3v) is 4.21.